The summed E-state index contributed by atoms with van der Waals surface area (Å²) in [6, 6.07) is 0. The molecule has 4 nitrogen and oxygen atoms in total. The third-order valence-corrected chi connectivity index (χ3v) is 4.04. The maximum Gasteiger partial charge on any atom is 0.251 e. The molecule has 0 aliphatic carbocycles. The summed E-state index contributed by atoms with van der Waals surface area (Å²) < 4.78 is 5.69. The lowest BCUT2D eigenvalue weighted by atomic mass is 9.95. The molecule has 0 radical (unpaired) electrons. The standard InChI is InChI=1S/C14H28N2O2/c1-4-14(15,5-2)11-18-12(3)13(17)16-9-7-6-8-10-16/h12H,4-11,15H2,1-3H3. The Kier molecular flexibility index (Phi) is 6.09. The molecule has 0 aromatic heterocycles. The topological polar surface area (TPSA) is 55.6 Å². The lowest BCUT2D eigenvalue weighted by Gasteiger charge is -2.31. The van der Waals surface area contributed by atoms with Gasteiger partial charge in [-0.05, 0) is 39.0 Å². The maximum absolute atomic E-state index is 12.2. The molecule has 0 aromatic rings. The Morgan fingerprint density at radius 2 is 1.83 bits per heavy atom. The number of nitrogens with zero attached hydrogens (tertiary/aromatic N) is 1. The number of carbonyl (C=O) groups is 1. The smallest absolute Gasteiger partial charge is 0.251 e. The normalized spacial score (nSPS) is 18.8. The van der Waals surface area contributed by atoms with E-state index in [0.29, 0.717) is 6.61 Å². The summed E-state index contributed by atoms with van der Waals surface area (Å²) in [6.45, 7) is 8.17. The minimum atomic E-state index is -0.371. The van der Waals surface area contributed by atoms with Crippen molar-refractivity contribution in [1.82, 2.24) is 4.90 Å². The van der Waals surface area contributed by atoms with E-state index in [1.165, 1.54) is 6.42 Å². The molecule has 0 aromatic carbocycles. The molecule has 1 aliphatic heterocycles. The van der Waals surface area contributed by atoms with Crippen LogP contribution in [0.4, 0.5) is 0 Å². The van der Waals surface area contributed by atoms with Crippen LogP contribution in [0.2, 0.25) is 0 Å². The first-order valence-electron chi connectivity index (χ1n) is 7.21. The summed E-state index contributed by atoms with van der Waals surface area (Å²) in [4.78, 5) is 14.1. The number of amides is 1. The summed E-state index contributed by atoms with van der Waals surface area (Å²) in [5, 5.41) is 0. The van der Waals surface area contributed by atoms with Crippen molar-refractivity contribution in [3.63, 3.8) is 0 Å². The molecule has 0 spiro atoms. The second-order valence-electron chi connectivity index (χ2n) is 5.41. The first-order valence-corrected chi connectivity index (χ1v) is 7.21. The van der Waals surface area contributed by atoms with E-state index in [0.717, 1.165) is 38.8 Å². The number of rotatable bonds is 6. The molecule has 1 atom stereocenters. The molecule has 1 fully saturated rings. The van der Waals surface area contributed by atoms with E-state index >= 15 is 0 Å². The number of hydrogen-bond acceptors (Lipinski definition) is 3. The quantitative estimate of drug-likeness (QED) is 0.790. The van der Waals surface area contributed by atoms with Gasteiger partial charge in [-0.25, -0.2) is 0 Å². The van der Waals surface area contributed by atoms with Crippen LogP contribution in [-0.2, 0) is 9.53 Å². The molecular weight excluding hydrogens is 228 g/mol. The van der Waals surface area contributed by atoms with Gasteiger partial charge in [0.05, 0.1) is 6.61 Å². The Hall–Kier alpha value is -0.610. The number of hydrogen-bond donors (Lipinski definition) is 1. The van der Waals surface area contributed by atoms with Crippen molar-refractivity contribution < 1.29 is 9.53 Å². The zero-order valence-corrected chi connectivity index (χ0v) is 12.1. The monoisotopic (exact) mass is 256 g/mol. The Labute approximate surface area is 111 Å². The zero-order chi connectivity index (χ0) is 13.6. The van der Waals surface area contributed by atoms with Crippen molar-refractivity contribution in [2.75, 3.05) is 19.7 Å². The van der Waals surface area contributed by atoms with Gasteiger partial charge in [0.15, 0.2) is 0 Å². The minimum absolute atomic E-state index is 0.115. The van der Waals surface area contributed by atoms with Gasteiger partial charge in [0, 0.05) is 18.6 Å². The molecule has 0 bridgehead atoms. The first-order chi connectivity index (χ1) is 8.52. The summed E-state index contributed by atoms with van der Waals surface area (Å²) in [5.41, 5.74) is 5.88. The predicted octanol–water partition coefficient (Wildman–Crippen LogP) is 1.92. The number of ether oxygens (including phenoxy) is 1. The second kappa shape index (κ2) is 7.10. The lowest BCUT2D eigenvalue weighted by Crippen LogP contribution is -2.47. The van der Waals surface area contributed by atoms with Gasteiger partial charge in [0.1, 0.15) is 6.10 Å². The van der Waals surface area contributed by atoms with Crippen LogP contribution in [-0.4, -0.2) is 42.1 Å². The lowest BCUT2D eigenvalue weighted by molar-refractivity contribution is -0.144. The number of piperidine rings is 1. The van der Waals surface area contributed by atoms with E-state index in [1.54, 1.807) is 0 Å². The Bertz CT molecular complexity index is 259. The van der Waals surface area contributed by atoms with E-state index < -0.39 is 0 Å². The van der Waals surface area contributed by atoms with Crippen LogP contribution in [0.3, 0.4) is 0 Å². The predicted molar refractivity (Wildman–Crippen MR) is 73.3 cm³/mol. The van der Waals surface area contributed by atoms with Gasteiger partial charge in [-0.3, -0.25) is 4.79 Å². The average Bonchev–Trinajstić information content (AvgIpc) is 2.44. The molecule has 2 N–H and O–H groups in total. The van der Waals surface area contributed by atoms with E-state index in [4.69, 9.17) is 10.5 Å². The van der Waals surface area contributed by atoms with Gasteiger partial charge in [0.25, 0.3) is 5.91 Å². The molecule has 106 valence electrons. The van der Waals surface area contributed by atoms with Crippen molar-refractivity contribution in [1.29, 1.82) is 0 Å². The Morgan fingerprint density at radius 3 is 2.33 bits per heavy atom. The average molecular weight is 256 g/mol. The highest BCUT2D eigenvalue weighted by Gasteiger charge is 2.26. The van der Waals surface area contributed by atoms with Gasteiger partial charge in [0.2, 0.25) is 0 Å². The third-order valence-electron chi connectivity index (χ3n) is 4.04. The van der Waals surface area contributed by atoms with E-state index in [1.807, 2.05) is 11.8 Å². The Balaban J connectivity index is 2.39. The van der Waals surface area contributed by atoms with Crippen molar-refractivity contribution in [3.05, 3.63) is 0 Å². The highest BCUT2D eigenvalue weighted by molar-refractivity contribution is 5.80. The first kappa shape index (κ1) is 15.4. The van der Waals surface area contributed by atoms with Crippen molar-refractivity contribution >= 4 is 5.91 Å². The zero-order valence-electron chi connectivity index (χ0n) is 12.1. The van der Waals surface area contributed by atoms with Crippen LogP contribution in [0.1, 0.15) is 52.9 Å². The van der Waals surface area contributed by atoms with E-state index in [9.17, 15) is 4.79 Å². The van der Waals surface area contributed by atoms with Gasteiger partial charge >= 0.3 is 0 Å². The highest BCUT2D eigenvalue weighted by atomic mass is 16.5. The van der Waals surface area contributed by atoms with Crippen molar-refractivity contribution in [3.8, 4) is 0 Å². The highest BCUT2D eigenvalue weighted by Crippen LogP contribution is 2.15. The fraction of sp³-hybridized carbons (Fsp3) is 0.929. The molecular formula is C14H28N2O2. The molecule has 0 saturated carbocycles. The minimum Gasteiger partial charge on any atom is -0.367 e. The molecule has 18 heavy (non-hydrogen) atoms. The summed E-state index contributed by atoms with van der Waals surface area (Å²) >= 11 is 0. The van der Waals surface area contributed by atoms with Gasteiger partial charge in [-0.2, -0.15) is 0 Å². The summed E-state index contributed by atoms with van der Waals surface area (Å²) in [6.07, 6.45) is 4.83. The fourth-order valence-corrected chi connectivity index (χ4v) is 2.19. The van der Waals surface area contributed by atoms with Crippen LogP contribution in [0.25, 0.3) is 0 Å². The third kappa shape index (κ3) is 4.25. The number of likely N-dealkylation sites (tertiary alicyclic amines) is 1. The van der Waals surface area contributed by atoms with E-state index in [-0.39, 0.29) is 17.6 Å². The number of nitrogens with two attached hydrogens (primary N) is 1. The molecule has 1 amide bonds. The van der Waals surface area contributed by atoms with Crippen LogP contribution < -0.4 is 5.73 Å². The molecule has 1 unspecified atom stereocenters. The molecule has 1 rings (SSSR count). The van der Waals surface area contributed by atoms with Crippen LogP contribution >= 0.6 is 0 Å². The van der Waals surface area contributed by atoms with Gasteiger partial charge in [-0.1, -0.05) is 13.8 Å². The van der Waals surface area contributed by atoms with E-state index in [2.05, 4.69) is 13.8 Å². The molecule has 1 heterocycles. The molecule has 4 heteroatoms. The van der Waals surface area contributed by atoms with Crippen LogP contribution in [0.15, 0.2) is 0 Å². The Morgan fingerprint density at radius 1 is 1.28 bits per heavy atom. The second-order valence-corrected chi connectivity index (χ2v) is 5.41. The van der Waals surface area contributed by atoms with Crippen molar-refractivity contribution in [2.24, 2.45) is 5.73 Å². The van der Waals surface area contributed by atoms with Gasteiger partial charge in [-0.15, -0.1) is 0 Å². The van der Waals surface area contributed by atoms with Crippen molar-refractivity contribution in [2.45, 2.75) is 64.5 Å². The van der Waals surface area contributed by atoms with Gasteiger partial charge < -0.3 is 15.4 Å². The van der Waals surface area contributed by atoms with Crippen LogP contribution in [0, 0.1) is 0 Å². The maximum atomic E-state index is 12.2. The SMILES string of the molecule is CCC(N)(CC)COC(C)C(=O)N1CCCCC1. The summed E-state index contributed by atoms with van der Waals surface area (Å²) in [5.74, 6) is 0.115. The summed E-state index contributed by atoms with van der Waals surface area (Å²) in [7, 11) is 0. The number of carbonyl (C=O) groups excluding carboxylic acids is 1. The molecule has 1 saturated heterocycles. The molecule has 1 aliphatic rings. The fourth-order valence-electron chi connectivity index (χ4n) is 2.19. The van der Waals surface area contributed by atoms with Crippen LogP contribution in [0.5, 0.6) is 0 Å². The largest absolute Gasteiger partial charge is 0.367 e.